The van der Waals surface area contributed by atoms with Gasteiger partial charge in [0, 0.05) is 45.8 Å². The van der Waals surface area contributed by atoms with Gasteiger partial charge in [0.15, 0.2) is 0 Å². The number of piperidine rings is 1. The van der Waals surface area contributed by atoms with Crippen LogP contribution in [0.2, 0.25) is 10.0 Å². The topological polar surface area (TPSA) is 56.8 Å². The SMILES string of the molecule is CN(C)C(=O)N1CCC(C(=O)N(Cc2ccc(Cl)c(Cl)c2)Cc2ccccn2)CC1. The third-order valence-corrected chi connectivity index (χ3v) is 5.98. The van der Waals surface area contributed by atoms with Crippen molar-refractivity contribution < 1.29 is 9.59 Å². The Balaban J connectivity index is 1.73. The van der Waals surface area contributed by atoms with E-state index in [0.29, 0.717) is 49.1 Å². The van der Waals surface area contributed by atoms with E-state index in [-0.39, 0.29) is 17.9 Å². The Morgan fingerprint density at radius 2 is 1.80 bits per heavy atom. The van der Waals surface area contributed by atoms with Crippen LogP contribution in [0.4, 0.5) is 4.79 Å². The monoisotopic (exact) mass is 448 g/mol. The first-order valence-corrected chi connectivity index (χ1v) is 10.7. The molecule has 6 nitrogen and oxygen atoms in total. The predicted octanol–water partition coefficient (Wildman–Crippen LogP) is 4.31. The van der Waals surface area contributed by atoms with Crippen molar-refractivity contribution in [1.29, 1.82) is 0 Å². The average Bonchev–Trinajstić information content (AvgIpc) is 2.75. The minimum absolute atomic E-state index is 0.0120. The Morgan fingerprint density at radius 1 is 1.07 bits per heavy atom. The highest BCUT2D eigenvalue weighted by Crippen LogP contribution is 2.26. The maximum Gasteiger partial charge on any atom is 0.319 e. The van der Waals surface area contributed by atoms with E-state index in [1.165, 1.54) is 0 Å². The van der Waals surface area contributed by atoms with Crippen LogP contribution in [-0.2, 0) is 17.9 Å². The molecule has 0 atom stereocenters. The van der Waals surface area contributed by atoms with Gasteiger partial charge in [0.1, 0.15) is 0 Å². The molecule has 0 N–H and O–H groups in total. The van der Waals surface area contributed by atoms with Gasteiger partial charge in [-0.15, -0.1) is 0 Å². The highest BCUT2D eigenvalue weighted by molar-refractivity contribution is 6.42. The molecular weight excluding hydrogens is 423 g/mol. The number of benzene rings is 1. The number of carbonyl (C=O) groups is 2. The molecule has 2 heterocycles. The lowest BCUT2D eigenvalue weighted by Gasteiger charge is -2.35. The van der Waals surface area contributed by atoms with E-state index in [9.17, 15) is 9.59 Å². The average molecular weight is 449 g/mol. The van der Waals surface area contributed by atoms with Gasteiger partial charge in [0.05, 0.1) is 22.3 Å². The molecule has 1 fully saturated rings. The summed E-state index contributed by atoms with van der Waals surface area (Å²) in [5, 5.41) is 0.954. The van der Waals surface area contributed by atoms with Crippen molar-refractivity contribution in [3.05, 3.63) is 63.9 Å². The number of hydrogen-bond acceptors (Lipinski definition) is 3. The van der Waals surface area contributed by atoms with Crippen LogP contribution in [0, 0.1) is 5.92 Å². The molecule has 1 saturated heterocycles. The fourth-order valence-corrected chi connectivity index (χ4v) is 3.94. The van der Waals surface area contributed by atoms with E-state index in [2.05, 4.69) is 4.98 Å². The molecular formula is C22H26Cl2N4O2. The number of carbonyl (C=O) groups excluding carboxylic acids is 2. The third kappa shape index (κ3) is 5.64. The quantitative estimate of drug-likeness (QED) is 0.684. The number of halogens is 2. The van der Waals surface area contributed by atoms with Gasteiger partial charge in [-0.1, -0.05) is 35.3 Å². The molecule has 3 rings (SSSR count). The molecule has 3 amide bonds. The van der Waals surface area contributed by atoms with Crippen LogP contribution in [0.3, 0.4) is 0 Å². The van der Waals surface area contributed by atoms with Gasteiger partial charge in [0.25, 0.3) is 0 Å². The summed E-state index contributed by atoms with van der Waals surface area (Å²) >= 11 is 12.2. The lowest BCUT2D eigenvalue weighted by atomic mass is 9.95. The van der Waals surface area contributed by atoms with Crippen LogP contribution in [0.25, 0.3) is 0 Å². The lowest BCUT2D eigenvalue weighted by molar-refractivity contribution is -0.138. The smallest absolute Gasteiger partial charge is 0.319 e. The van der Waals surface area contributed by atoms with Gasteiger partial charge in [-0.2, -0.15) is 0 Å². The molecule has 0 aliphatic carbocycles. The van der Waals surface area contributed by atoms with Crippen LogP contribution >= 0.6 is 23.2 Å². The standard InChI is InChI=1S/C22H26Cl2N4O2/c1-26(2)22(30)27-11-8-17(9-12-27)21(29)28(15-18-5-3-4-10-25-18)14-16-6-7-19(23)20(24)13-16/h3-7,10,13,17H,8-9,11-12,14-15H2,1-2H3. The second-order valence-corrected chi connectivity index (χ2v) is 8.52. The van der Waals surface area contributed by atoms with Crippen molar-refractivity contribution in [3.8, 4) is 0 Å². The molecule has 0 spiro atoms. The number of pyridine rings is 1. The molecule has 1 aliphatic heterocycles. The number of rotatable bonds is 5. The fourth-order valence-electron chi connectivity index (χ4n) is 3.62. The number of hydrogen-bond donors (Lipinski definition) is 0. The highest BCUT2D eigenvalue weighted by Gasteiger charge is 2.31. The maximum absolute atomic E-state index is 13.4. The molecule has 0 unspecified atom stereocenters. The normalized spacial score (nSPS) is 14.5. The Bertz CT molecular complexity index is 884. The lowest BCUT2D eigenvalue weighted by Crippen LogP contribution is -2.47. The second-order valence-electron chi connectivity index (χ2n) is 7.70. The first-order valence-electron chi connectivity index (χ1n) is 9.94. The number of urea groups is 1. The summed E-state index contributed by atoms with van der Waals surface area (Å²) in [6.45, 7) is 2.00. The van der Waals surface area contributed by atoms with Crippen LogP contribution < -0.4 is 0 Å². The molecule has 1 aliphatic rings. The minimum atomic E-state index is -0.123. The van der Waals surface area contributed by atoms with Crippen molar-refractivity contribution in [1.82, 2.24) is 19.7 Å². The van der Waals surface area contributed by atoms with Crippen LogP contribution in [0.5, 0.6) is 0 Å². The van der Waals surface area contributed by atoms with E-state index in [1.807, 2.05) is 29.2 Å². The van der Waals surface area contributed by atoms with Gasteiger partial charge in [-0.3, -0.25) is 9.78 Å². The van der Waals surface area contributed by atoms with E-state index in [4.69, 9.17) is 23.2 Å². The Kier molecular flexibility index (Phi) is 7.56. The summed E-state index contributed by atoms with van der Waals surface area (Å²) in [4.78, 5) is 35.1. The third-order valence-electron chi connectivity index (χ3n) is 5.25. The first-order chi connectivity index (χ1) is 14.3. The zero-order valence-electron chi connectivity index (χ0n) is 17.2. The second kappa shape index (κ2) is 10.1. The zero-order valence-corrected chi connectivity index (χ0v) is 18.7. The van der Waals surface area contributed by atoms with Crippen LogP contribution in [0.15, 0.2) is 42.6 Å². The van der Waals surface area contributed by atoms with E-state index >= 15 is 0 Å². The van der Waals surface area contributed by atoms with Gasteiger partial charge in [-0.25, -0.2) is 4.79 Å². The minimum Gasteiger partial charge on any atom is -0.332 e. The van der Waals surface area contributed by atoms with Crippen LogP contribution in [0.1, 0.15) is 24.1 Å². The number of aromatic nitrogens is 1. The number of nitrogens with zero attached hydrogens (tertiary/aromatic N) is 4. The molecule has 30 heavy (non-hydrogen) atoms. The largest absolute Gasteiger partial charge is 0.332 e. The van der Waals surface area contributed by atoms with Crippen molar-refractivity contribution in [3.63, 3.8) is 0 Å². The van der Waals surface area contributed by atoms with Gasteiger partial charge >= 0.3 is 6.03 Å². The van der Waals surface area contributed by atoms with Gasteiger partial charge in [0.2, 0.25) is 5.91 Å². The Hall–Kier alpha value is -2.31. The molecule has 0 bridgehead atoms. The van der Waals surface area contributed by atoms with Crippen molar-refractivity contribution in [2.45, 2.75) is 25.9 Å². The van der Waals surface area contributed by atoms with E-state index in [1.54, 1.807) is 42.2 Å². The molecule has 2 aromatic rings. The number of amides is 3. The summed E-state index contributed by atoms with van der Waals surface area (Å²) in [5.41, 5.74) is 1.74. The predicted molar refractivity (Wildman–Crippen MR) is 118 cm³/mol. The molecule has 1 aromatic carbocycles. The molecule has 0 radical (unpaired) electrons. The first kappa shape index (κ1) is 22.4. The summed E-state index contributed by atoms with van der Waals surface area (Å²) in [6, 6.07) is 11.1. The van der Waals surface area contributed by atoms with Crippen LogP contribution in [-0.4, -0.2) is 58.8 Å². The molecule has 0 saturated carbocycles. The molecule has 8 heteroatoms. The van der Waals surface area contributed by atoms with E-state index in [0.717, 1.165) is 11.3 Å². The fraction of sp³-hybridized carbons (Fsp3) is 0.409. The maximum atomic E-state index is 13.4. The van der Waals surface area contributed by atoms with Crippen molar-refractivity contribution in [2.75, 3.05) is 27.2 Å². The summed E-state index contributed by atoms with van der Waals surface area (Å²) in [6.07, 6.45) is 3.03. The van der Waals surface area contributed by atoms with Crippen molar-refractivity contribution in [2.24, 2.45) is 5.92 Å². The zero-order chi connectivity index (χ0) is 21.7. The Morgan fingerprint density at radius 3 is 2.40 bits per heavy atom. The highest BCUT2D eigenvalue weighted by atomic mass is 35.5. The summed E-state index contributed by atoms with van der Waals surface area (Å²) < 4.78 is 0. The van der Waals surface area contributed by atoms with Gasteiger partial charge in [-0.05, 0) is 42.7 Å². The Labute approximate surface area is 187 Å². The molecule has 1 aromatic heterocycles. The summed E-state index contributed by atoms with van der Waals surface area (Å²) in [5.74, 6) is -0.0497. The molecule has 160 valence electrons. The summed E-state index contributed by atoms with van der Waals surface area (Å²) in [7, 11) is 3.48. The number of likely N-dealkylation sites (tertiary alicyclic amines) is 1. The van der Waals surface area contributed by atoms with Crippen molar-refractivity contribution >= 4 is 35.1 Å². The van der Waals surface area contributed by atoms with Gasteiger partial charge < -0.3 is 14.7 Å². The van der Waals surface area contributed by atoms with E-state index < -0.39 is 0 Å².